The van der Waals surface area contributed by atoms with Crippen molar-refractivity contribution in [1.29, 1.82) is 0 Å². The van der Waals surface area contributed by atoms with Crippen LogP contribution in [0, 0.1) is 6.92 Å². The summed E-state index contributed by atoms with van der Waals surface area (Å²) in [6.07, 6.45) is 3.89. The first-order valence-electron chi connectivity index (χ1n) is 10.2. The van der Waals surface area contributed by atoms with Gasteiger partial charge >= 0.3 is 0 Å². The summed E-state index contributed by atoms with van der Waals surface area (Å²) in [6, 6.07) is 4.43. The molecule has 0 spiro atoms. The van der Waals surface area contributed by atoms with Crippen molar-refractivity contribution in [1.82, 2.24) is 24.6 Å². The van der Waals surface area contributed by atoms with Crippen LogP contribution in [0.5, 0.6) is 0 Å². The van der Waals surface area contributed by atoms with Gasteiger partial charge in [-0.05, 0) is 31.4 Å². The molecule has 2 fully saturated rings. The highest BCUT2D eigenvalue weighted by atomic mass is 16.5. The number of hydrogen-bond acceptors (Lipinski definition) is 7. The van der Waals surface area contributed by atoms with Crippen molar-refractivity contribution >= 4 is 5.82 Å². The van der Waals surface area contributed by atoms with E-state index in [1.807, 2.05) is 12.3 Å². The summed E-state index contributed by atoms with van der Waals surface area (Å²) in [7, 11) is 1.74. The van der Waals surface area contributed by atoms with Gasteiger partial charge in [0.15, 0.2) is 0 Å². The predicted octanol–water partition coefficient (Wildman–Crippen LogP) is 1.15. The minimum atomic E-state index is 0.309. The zero-order valence-electron chi connectivity index (χ0n) is 16.9. The van der Waals surface area contributed by atoms with Crippen molar-refractivity contribution in [2.75, 3.05) is 44.8 Å². The molecule has 3 heterocycles. The molecule has 152 valence electrons. The number of aryl methyl sites for hydroxylation is 1. The quantitative estimate of drug-likeness (QED) is 0.765. The molecule has 1 aliphatic carbocycles. The first-order valence-corrected chi connectivity index (χ1v) is 10.2. The molecule has 1 saturated heterocycles. The number of aromatic nitrogens is 4. The van der Waals surface area contributed by atoms with Crippen LogP contribution in [0.2, 0.25) is 0 Å². The molecule has 2 aliphatic rings. The van der Waals surface area contributed by atoms with E-state index in [2.05, 4.69) is 42.5 Å². The average Bonchev–Trinajstić information content (AvgIpc) is 3.07. The van der Waals surface area contributed by atoms with Crippen molar-refractivity contribution in [3.05, 3.63) is 35.5 Å². The van der Waals surface area contributed by atoms with Crippen LogP contribution in [0.25, 0.3) is 0 Å². The summed E-state index contributed by atoms with van der Waals surface area (Å²) >= 11 is 0. The molecule has 0 radical (unpaired) electrons. The van der Waals surface area contributed by atoms with Crippen molar-refractivity contribution < 1.29 is 4.74 Å². The van der Waals surface area contributed by atoms with Gasteiger partial charge in [0.05, 0.1) is 13.2 Å². The first-order chi connectivity index (χ1) is 13.7. The van der Waals surface area contributed by atoms with Gasteiger partial charge in [-0.15, -0.1) is 10.2 Å². The zero-order chi connectivity index (χ0) is 19.5. The second kappa shape index (κ2) is 8.55. The lowest BCUT2D eigenvalue weighted by Crippen LogP contribution is -2.46. The highest BCUT2D eigenvalue weighted by Gasteiger charge is 2.32. The maximum absolute atomic E-state index is 5.98. The molecular formula is C20H31N7O. The minimum Gasteiger partial charge on any atom is -0.383 e. The summed E-state index contributed by atoms with van der Waals surface area (Å²) in [5, 5.41) is 9.05. The van der Waals surface area contributed by atoms with Crippen LogP contribution in [0.1, 0.15) is 36.0 Å². The molecule has 8 heteroatoms. The van der Waals surface area contributed by atoms with Gasteiger partial charge in [0.25, 0.3) is 0 Å². The molecule has 1 aliphatic heterocycles. The average molecular weight is 386 g/mol. The second-order valence-corrected chi connectivity index (χ2v) is 7.95. The number of piperazine rings is 1. The molecule has 0 bridgehead atoms. The summed E-state index contributed by atoms with van der Waals surface area (Å²) in [5.41, 5.74) is 7.22. The molecule has 0 unspecified atom stereocenters. The number of nitrogens with two attached hydrogens (primary N) is 1. The van der Waals surface area contributed by atoms with E-state index in [9.17, 15) is 0 Å². The molecule has 1 saturated carbocycles. The van der Waals surface area contributed by atoms with E-state index < -0.39 is 0 Å². The molecule has 8 nitrogen and oxygen atoms in total. The van der Waals surface area contributed by atoms with Gasteiger partial charge < -0.3 is 19.9 Å². The largest absolute Gasteiger partial charge is 0.383 e. The van der Waals surface area contributed by atoms with Crippen molar-refractivity contribution in [3.63, 3.8) is 0 Å². The van der Waals surface area contributed by atoms with Crippen LogP contribution in [0.15, 0.2) is 18.3 Å². The summed E-state index contributed by atoms with van der Waals surface area (Å²) in [5.74, 6) is 3.66. The molecule has 0 atom stereocenters. The van der Waals surface area contributed by atoms with Crippen molar-refractivity contribution in [2.45, 2.75) is 44.8 Å². The molecule has 0 aromatic carbocycles. The Hall–Kier alpha value is -2.03. The molecule has 4 rings (SSSR count). The lowest BCUT2D eigenvalue weighted by atomic mass is 9.80. The fraction of sp³-hybridized carbons (Fsp3) is 0.650. The lowest BCUT2D eigenvalue weighted by Gasteiger charge is -2.36. The minimum absolute atomic E-state index is 0.309. The van der Waals surface area contributed by atoms with Gasteiger partial charge in [0.1, 0.15) is 17.5 Å². The number of rotatable bonds is 7. The van der Waals surface area contributed by atoms with Crippen LogP contribution in [0.4, 0.5) is 5.82 Å². The Balaban J connectivity index is 1.40. The summed E-state index contributed by atoms with van der Waals surface area (Å²) in [6.45, 7) is 8.37. The standard InChI is InChI=1S/C20H31N7O/c1-15-4-3-5-22-19(15)26-8-6-25(7-9-26)14-18-23-24-20(16-12-17(21)13-16)27(18)10-11-28-2/h3-5,16-17H,6-14,21H2,1-2H3. The van der Waals surface area contributed by atoms with Gasteiger partial charge in [-0.3, -0.25) is 4.90 Å². The van der Waals surface area contributed by atoms with Crippen molar-refractivity contribution in [2.24, 2.45) is 5.73 Å². The van der Waals surface area contributed by atoms with E-state index in [1.165, 1.54) is 5.56 Å². The molecule has 2 aromatic heterocycles. The third-order valence-electron chi connectivity index (χ3n) is 5.93. The lowest BCUT2D eigenvalue weighted by molar-refractivity contribution is 0.179. The Morgan fingerprint density at radius 1 is 1.18 bits per heavy atom. The van der Waals surface area contributed by atoms with Gasteiger partial charge in [-0.2, -0.15) is 0 Å². The zero-order valence-corrected chi connectivity index (χ0v) is 16.9. The Morgan fingerprint density at radius 2 is 1.96 bits per heavy atom. The number of pyridine rings is 1. The smallest absolute Gasteiger partial charge is 0.147 e. The van der Waals surface area contributed by atoms with Gasteiger partial charge in [0.2, 0.25) is 0 Å². The third kappa shape index (κ3) is 4.04. The Morgan fingerprint density at radius 3 is 2.64 bits per heavy atom. The maximum atomic E-state index is 5.98. The fourth-order valence-corrected chi connectivity index (χ4v) is 4.19. The third-order valence-corrected chi connectivity index (χ3v) is 5.93. The molecule has 2 aromatic rings. The Bertz CT molecular complexity index is 779. The van der Waals surface area contributed by atoms with Crippen LogP contribution < -0.4 is 10.6 Å². The molecule has 2 N–H and O–H groups in total. The number of nitrogens with zero attached hydrogens (tertiary/aromatic N) is 6. The maximum Gasteiger partial charge on any atom is 0.147 e. The molecular weight excluding hydrogens is 354 g/mol. The van der Waals surface area contributed by atoms with Crippen LogP contribution in [-0.4, -0.2) is 70.6 Å². The van der Waals surface area contributed by atoms with Gasteiger partial charge in [-0.25, -0.2) is 4.98 Å². The monoisotopic (exact) mass is 385 g/mol. The normalized spacial score (nSPS) is 23.0. The number of methoxy groups -OCH3 is 1. The van der Waals surface area contributed by atoms with E-state index in [4.69, 9.17) is 10.5 Å². The van der Waals surface area contributed by atoms with E-state index in [1.54, 1.807) is 7.11 Å². The van der Waals surface area contributed by atoms with Gasteiger partial charge in [0, 0.05) is 58.0 Å². The predicted molar refractivity (Wildman–Crippen MR) is 108 cm³/mol. The fourth-order valence-electron chi connectivity index (χ4n) is 4.19. The van der Waals surface area contributed by atoms with Gasteiger partial charge in [-0.1, -0.05) is 6.07 Å². The van der Waals surface area contributed by atoms with E-state index >= 15 is 0 Å². The summed E-state index contributed by atoms with van der Waals surface area (Å²) in [4.78, 5) is 9.39. The second-order valence-electron chi connectivity index (χ2n) is 7.95. The van der Waals surface area contributed by atoms with E-state index in [-0.39, 0.29) is 0 Å². The first kappa shape index (κ1) is 19.3. The Kier molecular flexibility index (Phi) is 5.89. The number of hydrogen-bond donors (Lipinski definition) is 1. The topological polar surface area (TPSA) is 85.3 Å². The highest BCUT2D eigenvalue weighted by Crippen LogP contribution is 2.35. The van der Waals surface area contributed by atoms with Crippen molar-refractivity contribution in [3.8, 4) is 0 Å². The van der Waals surface area contributed by atoms with E-state index in [0.29, 0.717) is 18.6 Å². The molecule has 0 amide bonds. The Labute approximate surface area is 166 Å². The molecule has 28 heavy (non-hydrogen) atoms. The SMILES string of the molecule is COCCn1c(CN2CCN(c3ncccc3C)CC2)nnc1C1CC(N)C1. The summed E-state index contributed by atoms with van der Waals surface area (Å²) < 4.78 is 7.57. The van der Waals surface area contributed by atoms with Crippen LogP contribution >= 0.6 is 0 Å². The number of anilines is 1. The van der Waals surface area contributed by atoms with Crippen LogP contribution in [-0.2, 0) is 17.8 Å². The number of ether oxygens (including phenoxy) is 1. The van der Waals surface area contributed by atoms with E-state index in [0.717, 1.165) is 69.6 Å². The van der Waals surface area contributed by atoms with Crippen LogP contribution in [0.3, 0.4) is 0 Å². The highest BCUT2D eigenvalue weighted by molar-refractivity contribution is 5.46.